The van der Waals surface area contributed by atoms with Crippen LogP contribution >= 0.6 is 27.5 Å². The van der Waals surface area contributed by atoms with Crippen molar-refractivity contribution < 1.29 is 9.59 Å². The van der Waals surface area contributed by atoms with Crippen molar-refractivity contribution in [2.75, 3.05) is 6.54 Å². The van der Waals surface area contributed by atoms with Gasteiger partial charge in [-0.05, 0) is 39.7 Å². The van der Waals surface area contributed by atoms with Crippen LogP contribution in [0.2, 0.25) is 5.02 Å². The summed E-state index contributed by atoms with van der Waals surface area (Å²) in [6, 6.07) is 8.43. The number of H-pyrrole nitrogens is 1. The first kappa shape index (κ1) is 14.6. The Balaban J connectivity index is 2.03. The van der Waals surface area contributed by atoms with Crippen molar-refractivity contribution >= 4 is 45.0 Å². The van der Waals surface area contributed by atoms with Crippen LogP contribution in [0.4, 0.5) is 0 Å². The summed E-state index contributed by atoms with van der Waals surface area (Å²) in [6.07, 6.45) is 1.66. The molecule has 0 saturated heterocycles. The third-order valence-electron chi connectivity index (χ3n) is 2.63. The summed E-state index contributed by atoms with van der Waals surface area (Å²) in [5.74, 6) is 1.55. The molecule has 0 atom stereocenters. The molecule has 2 rings (SSSR count). The summed E-state index contributed by atoms with van der Waals surface area (Å²) in [5, 5.41) is 3.24. The van der Waals surface area contributed by atoms with Crippen LogP contribution in [-0.4, -0.2) is 23.4 Å². The van der Waals surface area contributed by atoms with E-state index in [4.69, 9.17) is 11.6 Å². The van der Waals surface area contributed by atoms with E-state index in [0.717, 1.165) is 4.47 Å². The standard InChI is InChI=1S/C14H10BrClN2O2/c15-11-5-13(17-7-11)14(20)18-6-10(8-19)9-1-3-12(16)4-2-9/h1-5,7,17H,6H2,(H,18,20). The SMILES string of the molecule is O=C=C(CNC(=O)c1cc(Br)c[nH]1)c1ccc(Cl)cc1. The first-order valence-corrected chi connectivity index (χ1v) is 6.89. The molecule has 6 heteroatoms. The highest BCUT2D eigenvalue weighted by atomic mass is 79.9. The molecule has 0 bridgehead atoms. The van der Waals surface area contributed by atoms with E-state index in [1.54, 1.807) is 36.5 Å². The lowest BCUT2D eigenvalue weighted by Gasteiger charge is -2.05. The van der Waals surface area contributed by atoms with Crippen LogP contribution in [0.3, 0.4) is 0 Å². The maximum atomic E-state index is 11.8. The maximum Gasteiger partial charge on any atom is 0.268 e. The van der Waals surface area contributed by atoms with Crippen LogP contribution in [0.5, 0.6) is 0 Å². The smallest absolute Gasteiger partial charge is 0.268 e. The number of benzene rings is 1. The predicted molar refractivity (Wildman–Crippen MR) is 81.4 cm³/mol. The maximum absolute atomic E-state index is 11.8. The summed E-state index contributed by atoms with van der Waals surface area (Å²) in [6.45, 7) is 0.0978. The van der Waals surface area contributed by atoms with Crippen molar-refractivity contribution in [3.05, 3.63) is 57.3 Å². The highest BCUT2D eigenvalue weighted by molar-refractivity contribution is 9.10. The van der Waals surface area contributed by atoms with Gasteiger partial charge in [0.05, 0.1) is 12.1 Å². The predicted octanol–water partition coefficient (Wildman–Crippen LogP) is 3.08. The minimum absolute atomic E-state index is 0.0978. The van der Waals surface area contributed by atoms with Crippen molar-refractivity contribution in [2.24, 2.45) is 0 Å². The van der Waals surface area contributed by atoms with Crippen molar-refractivity contribution in [2.45, 2.75) is 0 Å². The zero-order valence-electron chi connectivity index (χ0n) is 10.2. The molecule has 4 nitrogen and oxygen atoms in total. The molecule has 1 aromatic carbocycles. The summed E-state index contributed by atoms with van der Waals surface area (Å²) >= 11 is 9.03. The van der Waals surface area contributed by atoms with E-state index in [-0.39, 0.29) is 12.5 Å². The molecule has 0 unspecified atom stereocenters. The van der Waals surface area contributed by atoms with Crippen molar-refractivity contribution in [3.8, 4) is 0 Å². The van der Waals surface area contributed by atoms with Gasteiger partial charge in [0.1, 0.15) is 11.6 Å². The van der Waals surface area contributed by atoms with E-state index in [1.165, 1.54) is 0 Å². The minimum Gasteiger partial charge on any atom is -0.356 e. The number of aromatic nitrogens is 1. The molecule has 2 aromatic rings. The van der Waals surface area contributed by atoms with Crippen LogP contribution in [0.1, 0.15) is 16.1 Å². The van der Waals surface area contributed by atoms with Gasteiger partial charge in [-0.15, -0.1) is 0 Å². The Morgan fingerprint density at radius 3 is 2.60 bits per heavy atom. The van der Waals surface area contributed by atoms with Gasteiger partial charge >= 0.3 is 0 Å². The summed E-state index contributed by atoms with van der Waals surface area (Å²) < 4.78 is 0.784. The van der Waals surface area contributed by atoms with Gasteiger partial charge < -0.3 is 10.3 Å². The Morgan fingerprint density at radius 1 is 1.35 bits per heavy atom. The van der Waals surface area contributed by atoms with Crippen molar-refractivity contribution in [1.29, 1.82) is 0 Å². The third-order valence-corrected chi connectivity index (χ3v) is 3.34. The molecule has 1 heterocycles. The molecule has 0 radical (unpaired) electrons. The lowest BCUT2D eigenvalue weighted by Crippen LogP contribution is -2.25. The fourth-order valence-corrected chi connectivity index (χ4v) is 2.08. The molecular formula is C14H10BrClN2O2. The van der Waals surface area contributed by atoms with Crippen LogP contribution < -0.4 is 5.32 Å². The number of amides is 1. The monoisotopic (exact) mass is 352 g/mol. The number of aromatic amines is 1. The number of carbonyl (C=O) groups excluding carboxylic acids is 2. The summed E-state index contributed by atoms with van der Waals surface area (Å²) in [4.78, 5) is 25.6. The topological polar surface area (TPSA) is 62.0 Å². The minimum atomic E-state index is -0.294. The first-order valence-electron chi connectivity index (χ1n) is 5.72. The number of rotatable bonds is 4. The molecule has 2 N–H and O–H groups in total. The lowest BCUT2D eigenvalue weighted by atomic mass is 10.1. The second-order valence-corrected chi connectivity index (χ2v) is 5.35. The molecule has 20 heavy (non-hydrogen) atoms. The lowest BCUT2D eigenvalue weighted by molar-refractivity contribution is 0.0954. The van der Waals surface area contributed by atoms with Gasteiger partial charge in [0, 0.05) is 15.7 Å². The Labute approximate surface area is 129 Å². The van der Waals surface area contributed by atoms with Gasteiger partial charge in [-0.2, -0.15) is 0 Å². The molecule has 1 aromatic heterocycles. The van der Waals surface area contributed by atoms with Crippen molar-refractivity contribution in [3.63, 3.8) is 0 Å². The van der Waals surface area contributed by atoms with E-state index < -0.39 is 0 Å². The summed E-state index contributed by atoms with van der Waals surface area (Å²) in [5.41, 5.74) is 1.45. The molecule has 0 aliphatic heterocycles. The van der Waals surface area contributed by atoms with Crippen LogP contribution in [0, 0.1) is 0 Å². The quantitative estimate of drug-likeness (QED) is 0.830. The second kappa shape index (κ2) is 6.57. The van der Waals surface area contributed by atoms with Crippen LogP contribution in [0.25, 0.3) is 5.57 Å². The molecule has 1 amide bonds. The Hall–Kier alpha value is -1.81. The van der Waals surface area contributed by atoms with E-state index in [9.17, 15) is 9.59 Å². The van der Waals surface area contributed by atoms with E-state index in [0.29, 0.717) is 21.9 Å². The van der Waals surface area contributed by atoms with Gasteiger partial charge in [-0.25, -0.2) is 4.79 Å². The highest BCUT2D eigenvalue weighted by Crippen LogP contribution is 2.15. The zero-order valence-corrected chi connectivity index (χ0v) is 12.6. The molecule has 102 valence electrons. The Bertz CT molecular complexity index is 673. The molecule has 0 spiro atoms. The largest absolute Gasteiger partial charge is 0.356 e. The van der Waals surface area contributed by atoms with Crippen LogP contribution in [0.15, 0.2) is 41.0 Å². The fourth-order valence-electron chi connectivity index (χ4n) is 1.61. The molecule has 0 saturated carbocycles. The Kier molecular flexibility index (Phi) is 4.79. The van der Waals surface area contributed by atoms with Gasteiger partial charge in [-0.1, -0.05) is 23.7 Å². The number of hydrogen-bond donors (Lipinski definition) is 2. The van der Waals surface area contributed by atoms with E-state index in [2.05, 4.69) is 26.2 Å². The highest BCUT2D eigenvalue weighted by Gasteiger charge is 2.09. The number of carbonyl (C=O) groups is 1. The third kappa shape index (κ3) is 3.61. The summed E-state index contributed by atoms with van der Waals surface area (Å²) in [7, 11) is 0. The molecular weight excluding hydrogens is 344 g/mol. The average molecular weight is 354 g/mol. The van der Waals surface area contributed by atoms with E-state index in [1.807, 2.05) is 5.94 Å². The van der Waals surface area contributed by atoms with Crippen LogP contribution in [-0.2, 0) is 4.79 Å². The number of hydrogen-bond acceptors (Lipinski definition) is 2. The van der Waals surface area contributed by atoms with Gasteiger partial charge in [0.2, 0.25) is 0 Å². The number of halogens is 2. The number of nitrogens with one attached hydrogen (secondary N) is 2. The fraction of sp³-hybridized carbons (Fsp3) is 0.0714. The first-order chi connectivity index (χ1) is 9.60. The Morgan fingerprint density at radius 2 is 2.05 bits per heavy atom. The average Bonchev–Trinajstić information content (AvgIpc) is 2.88. The van der Waals surface area contributed by atoms with E-state index >= 15 is 0 Å². The second-order valence-electron chi connectivity index (χ2n) is 4.00. The zero-order chi connectivity index (χ0) is 14.5. The van der Waals surface area contributed by atoms with Gasteiger partial charge in [-0.3, -0.25) is 4.79 Å². The van der Waals surface area contributed by atoms with Gasteiger partial charge in [0.25, 0.3) is 5.91 Å². The van der Waals surface area contributed by atoms with Crippen molar-refractivity contribution in [1.82, 2.24) is 10.3 Å². The molecule has 0 aliphatic carbocycles. The van der Waals surface area contributed by atoms with Gasteiger partial charge in [0.15, 0.2) is 0 Å². The normalized spacial score (nSPS) is 9.90. The molecule has 0 aliphatic rings. The molecule has 0 fully saturated rings.